The summed E-state index contributed by atoms with van der Waals surface area (Å²) in [6.07, 6.45) is -2.41. The Morgan fingerprint density at radius 3 is 2.49 bits per heavy atom. The van der Waals surface area contributed by atoms with E-state index in [4.69, 9.17) is 21.1 Å². The number of hydrogen-bond acceptors (Lipinski definition) is 5. The largest absolute Gasteiger partial charge is 0.487 e. The van der Waals surface area contributed by atoms with E-state index in [1.165, 1.54) is 11.0 Å². The first-order chi connectivity index (χ1) is 18.3. The van der Waals surface area contributed by atoms with Gasteiger partial charge in [0.05, 0.1) is 17.1 Å². The van der Waals surface area contributed by atoms with Crippen LogP contribution < -0.4 is 15.0 Å². The molecule has 0 aliphatic carbocycles. The number of alkyl halides is 3. The average Bonchev–Trinajstić information content (AvgIpc) is 3.33. The maximum atomic E-state index is 13.1. The summed E-state index contributed by atoms with van der Waals surface area (Å²) in [5.41, 5.74) is -0.401. The van der Waals surface area contributed by atoms with Gasteiger partial charge in [-0.2, -0.15) is 13.2 Å². The lowest BCUT2D eigenvalue weighted by Crippen LogP contribution is -2.51. The highest BCUT2D eigenvalue weighted by molar-refractivity contribution is 6.32. The number of benzene rings is 2. The van der Waals surface area contributed by atoms with Crippen molar-refractivity contribution >= 4 is 35.0 Å². The molecule has 11 heteroatoms. The number of carbonyl (C=O) groups excluding carboxylic acids is 2. The molecule has 0 radical (unpaired) electrons. The van der Waals surface area contributed by atoms with E-state index >= 15 is 0 Å². The van der Waals surface area contributed by atoms with Crippen LogP contribution in [0.5, 0.6) is 5.75 Å². The van der Waals surface area contributed by atoms with E-state index in [-0.39, 0.29) is 17.0 Å². The van der Waals surface area contributed by atoms with Crippen molar-refractivity contribution in [3.05, 3.63) is 53.1 Å². The molecule has 0 bridgehead atoms. The van der Waals surface area contributed by atoms with Gasteiger partial charge in [-0.3, -0.25) is 9.69 Å². The Kier molecular flexibility index (Phi) is 8.54. The Hall–Kier alpha value is -3.14. The highest BCUT2D eigenvalue weighted by atomic mass is 35.5. The molecule has 2 amide bonds. The molecule has 0 unspecified atom stereocenters. The maximum absolute atomic E-state index is 13.1. The molecule has 212 valence electrons. The van der Waals surface area contributed by atoms with Crippen LogP contribution in [0.25, 0.3) is 0 Å². The fraction of sp³-hybridized carbons (Fsp3) is 0.500. The number of piperidine rings is 1. The van der Waals surface area contributed by atoms with E-state index in [1.54, 1.807) is 45.0 Å². The van der Waals surface area contributed by atoms with Gasteiger partial charge in [0, 0.05) is 30.9 Å². The predicted octanol–water partition coefficient (Wildman–Crippen LogP) is 6.74. The van der Waals surface area contributed by atoms with Crippen molar-refractivity contribution in [1.82, 2.24) is 4.90 Å². The molecule has 2 fully saturated rings. The Morgan fingerprint density at radius 2 is 1.79 bits per heavy atom. The summed E-state index contributed by atoms with van der Waals surface area (Å²) < 4.78 is 50.8. The van der Waals surface area contributed by atoms with Gasteiger partial charge in [0.1, 0.15) is 23.5 Å². The zero-order valence-electron chi connectivity index (χ0n) is 22.2. The molecule has 2 atom stereocenters. The van der Waals surface area contributed by atoms with Gasteiger partial charge < -0.3 is 19.7 Å². The fourth-order valence-electron chi connectivity index (χ4n) is 4.76. The molecule has 0 spiro atoms. The van der Waals surface area contributed by atoms with Crippen LogP contribution in [-0.4, -0.2) is 54.3 Å². The molecule has 7 nitrogen and oxygen atoms in total. The smallest absolute Gasteiger partial charge is 0.416 e. The Morgan fingerprint density at radius 1 is 1.03 bits per heavy atom. The van der Waals surface area contributed by atoms with E-state index in [0.29, 0.717) is 49.6 Å². The summed E-state index contributed by atoms with van der Waals surface area (Å²) in [5.74, 6) is 0.0939. The third-order valence-corrected chi connectivity index (χ3v) is 6.91. The molecular weight excluding hydrogens is 535 g/mol. The number of halogens is 4. The van der Waals surface area contributed by atoms with Crippen LogP contribution in [0.4, 0.5) is 29.3 Å². The second-order valence-corrected chi connectivity index (χ2v) is 11.2. The molecule has 2 aliphatic heterocycles. The van der Waals surface area contributed by atoms with E-state index < -0.39 is 29.5 Å². The topological polar surface area (TPSA) is 71.1 Å². The molecule has 1 N–H and O–H groups in total. The molecule has 4 rings (SSSR count). The zero-order chi connectivity index (χ0) is 28.4. The minimum atomic E-state index is -4.40. The second kappa shape index (κ2) is 11.5. The summed E-state index contributed by atoms with van der Waals surface area (Å²) in [6.45, 7) is 6.75. The first-order valence-electron chi connectivity index (χ1n) is 13.0. The third kappa shape index (κ3) is 7.50. The van der Waals surface area contributed by atoms with Crippen molar-refractivity contribution in [3.63, 3.8) is 0 Å². The van der Waals surface area contributed by atoms with E-state index in [9.17, 15) is 22.8 Å². The molecule has 2 heterocycles. The summed E-state index contributed by atoms with van der Waals surface area (Å²) in [5, 5.41) is 3.13. The van der Waals surface area contributed by atoms with Gasteiger partial charge in [0.15, 0.2) is 0 Å². The van der Waals surface area contributed by atoms with Crippen LogP contribution >= 0.6 is 11.6 Å². The average molecular weight is 568 g/mol. The SMILES string of the molecule is CC(C)(C)OC(=O)N1CCCC[C@@H]1C(=O)Nc1ccc(O[C@H]2CCN(c3cccc(C(F)(F)F)c3)C2)c(Cl)c1. The van der Waals surface area contributed by atoms with E-state index in [1.807, 2.05) is 4.90 Å². The molecule has 2 aromatic rings. The van der Waals surface area contributed by atoms with Gasteiger partial charge in [0.2, 0.25) is 5.91 Å². The maximum Gasteiger partial charge on any atom is 0.416 e. The van der Waals surface area contributed by atoms with Crippen LogP contribution in [0, 0.1) is 0 Å². The summed E-state index contributed by atoms with van der Waals surface area (Å²) in [4.78, 5) is 29.0. The number of carbonyl (C=O) groups is 2. The predicted molar refractivity (Wildman–Crippen MR) is 143 cm³/mol. The fourth-order valence-corrected chi connectivity index (χ4v) is 4.99. The molecule has 0 saturated carbocycles. The molecular formula is C28H33ClF3N3O4. The van der Waals surface area contributed by atoms with Crippen LogP contribution in [0.1, 0.15) is 52.0 Å². The van der Waals surface area contributed by atoms with Crippen LogP contribution in [-0.2, 0) is 15.7 Å². The van der Waals surface area contributed by atoms with Crippen molar-refractivity contribution in [1.29, 1.82) is 0 Å². The van der Waals surface area contributed by atoms with Crippen LogP contribution in [0.2, 0.25) is 5.02 Å². The highest BCUT2D eigenvalue weighted by Crippen LogP contribution is 2.34. The van der Waals surface area contributed by atoms with Crippen molar-refractivity contribution in [2.24, 2.45) is 0 Å². The second-order valence-electron chi connectivity index (χ2n) is 10.8. The number of nitrogens with zero attached hydrogens (tertiary/aromatic N) is 2. The van der Waals surface area contributed by atoms with Gasteiger partial charge in [-0.25, -0.2) is 4.79 Å². The zero-order valence-corrected chi connectivity index (χ0v) is 22.9. The Balaban J connectivity index is 1.36. The van der Waals surface area contributed by atoms with Crippen molar-refractivity contribution in [2.45, 2.75) is 70.4 Å². The Bertz CT molecular complexity index is 1200. The first kappa shape index (κ1) is 28.9. The Labute approximate surface area is 231 Å². The minimum absolute atomic E-state index is 0.262. The van der Waals surface area contributed by atoms with Crippen molar-refractivity contribution in [3.8, 4) is 5.75 Å². The van der Waals surface area contributed by atoms with Gasteiger partial charge in [0.25, 0.3) is 0 Å². The number of likely N-dealkylation sites (tertiary alicyclic amines) is 1. The van der Waals surface area contributed by atoms with Gasteiger partial charge in [-0.05, 0) is 76.4 Å². The highest BCUT2D eigenvalue weighted by Gasteiger charge is 2.35. The first-order valence-corrected chi connectivity index (χ1v) is 13.4. The number of amides is 2. The number of anilines is 2. The van der Waals surface area contributed by atoms with Gasteiger partial charge in [-0.1, -0.05) is 17.7 Å². The van der Waals surface area contributed by atoms with Crippen molar-refractivity contribution < 1.29 is 32.2 Å². The number of rotatable bonds is 5. The van der Waals surface area contributed by atoms with Crippen LogP contribution in [0.3, 0.4) is 0 Å². The van der Waals surface area contributed by atoms with E-state index in [2.05, 4.69) is 5.32 Å². The monoisotopic (exact) mass is 567 g/mol. The van der Waals surface area contributed by atoms with Gasteiger partial charge in [-0.15, -0.1) is 0 Å². The molecule has 2 saturated heterocycles. The minimum Gasteiger partial charge on any atom is -0.487 e. The van der Waals surface area contributed by atoms with E-state index in [0.717, 1.165) is 25.0 Å². The summed E-state index contributed by atoms with van der Waals surface area (Å²) >= 11 is 6.45. The lowest BCUT2D eigenvalue weighted by Gasteiger charge is -2.35. The molecule has 39 heavy (non-hydrogen) atoms. The summed E-state index contributed by atoms with van der Waals surface area (Å²) in [6, 6.07) is 9.49. The third-order valence-electron chi connectivity index (χ3n) is 6.61. The standard InChI is InChI=1S/C28H33ClF3N3O4/c1-27(2,3)39-26(37)35-13-5-4-9-23(35)25(36)33-19-10-11-24(22(29)16-19)38-21-12-14-34(17-21)20-8-6-7-18(15-20)28(30,31)32/h6-8,10-11,15-16,21,23H,4-5,9,12-14,17H2,1-3H3,(H,33,36)/t21-,23+/m0/s1. The van der Waals surface area contributed by atoms with Crippen LogP contribution in [0.15, 0.2) is 42.5 Å². The summed E-state index contributed by atoms with van der Waals surface area (Å²) in [7, 11) is 0. The number of ether oxygens (including phenoxy) is 2. The number of nitrogens with one attached hydrogen (secondary N) is 1. The lowest BCUT2D eigenvalue weighted by molar-refractivity contribution is -0.137. The lowest BCUT2D eigenvalue weighted by atomic mass is 10.0. The molecule has 0 aromatic heterocycles. The number of hydrogen-bond donors (Lipinski definition) is 1. The van der Waals surface area contributed by atoms with Crippen molar-refractivity contribution in [2.75, 3.05) is 29.9 Å². The quantitative estimate of drug-likeness (QED) is 0.433. The molecule has 2 aliphatic rings. The normalized spacial score (nSPS) is 20.1. The molecule has 2 aromatic carbocycles. The van der Waals surface area contributed by atoms with Gasteiger partial charge >= 0.3 is 12.3 Å².